The zero-order valence-corrected chi connectivity index (χ0v) is 16.8. The van der Waals surface area contributed by atoms with Gasteiger partial charge in [0.25, 0.3) is 5.22 Å². The minimum absolute atomic E-state index is 0.602. The minimum Gasteiger partial charge on any atom is -0.431 e. The van der Waals surface area contributed by atoms with E-state index in [-0.39, 0.29) is 0 Å². The quantitative estimate of drug-likeness (QED) is 0.421. The summed E-state index contributed by atoms with van der Waals surface area (Å²) in [6.45, 7) is 2.05. The summed E-state index contributed by atoms with van der Waals surface area (Å²) in [6.07, 6.45) is 2.80. The summed E-state index contributed by atoms with van der Waals surface area (Å²) in [6, 6.07) is 7.78. The first-order valence-corrected chi connectivity index (χ1v) is 10.9. The summed E-state index contributed by atoms with van der Waals surface area (Å²) in [7, 11) is 2.16. The summed E-state index contributed by atoms with van der Waals surface area (Å²) >= 11 is 3.29. The third kappa shape index (κ3) is 2.61. The van der Waals surface area contributed by atoms with Crippen molar-refractivity contribution in [1.29, 1.82) is 0 Å². The number of thiophene rings is 1. The van der Waals surface area contributed by atoms with Crippen LogP contribution >= 0.6 is 23.1 Å². The van der Waals surface area contributed by atoms with Crippen molar-refractivity contribution < 1.29 is 4.42 Å². The molecule has 0 fully saturated rings. The van der Waals surface area contributed by atoms with Crippen LogP contribution in [0.4, 0.5) is 0 Å². The molecule has 0 radical (unpaired) electrons. The van der Waals surface area contributed by atoms with Crippen LogP contribution < -0.4 is 0 Å². The minimum atomic E-state index is 0.602. The van der Waals surface area contributed by atoms with E-state index in [1.165, 1.54) is 27.6 Å². The predicted octanol–water partition coefficient (Wildman–Crippen LogP) is 3.76. The molecule has 28 heavy (non-hydrogen) atoms. The maximum atomic E-state index is 5.78. The molecular formula is C19H16N6OS2. The van der Waals surface area contributed by atoms with Gasteiger partial charge < -0.3 is 9.32 Å². The van der Waals surface area contributed by atoms with Gasteiger partial charge in [0.15, 0.2) is 17.1 Å². The molecule has 1 aromatic carbocycles. The SMILES string of the molecule is CN1CCc2c(sc3ncn4nc(CSc5nc6ccccc6o5)nc4c23)C1. The summed E-state index contributed by atoms with van der Waals surface area (Å²) in [5.41, 5.74) is 3.96. The molecule has 1 aliphatic rings. The number of benzene rings is 1. The van der Waals surface area contributed by atoms with Crippen LogP contribution in [0.3, 0.4) is 0 Å². The van der Waals surface area contributed by atoms with E-state index < -0.39 is 0 Å². The molecule has 0 aliphatic carbocycles. The predicted molar refractivity (Wildman–Crippen MR) is 110 cm³/mol. The molecule has 9 heteroatoms. The highest BCUT2D eigenvalue weighted by Crippen LogP contribution is 2.35. The van der Waals surface area contributed by atoms with Gasteiger partial charge in [-0.05, 0) is 31.2 Å². The molecule has 5 heterocycles. The Morgan fingerprint density at radius 2 is 2.18 bits per heavy atom. The molecule has 0 spiro atoms. The van der Waals surface area contributed by atoms with Crippen molar-refractivity contribution in [1.82, 2.24) is 29.5 Å². The molecule has 6 rings (SSSR count). The zero-order chi connectivity index (χ0) is 18.7. The molecule has 0 saturated carbocycles. The first-order chi connectivity index (χ1) is 13.7. The van der Waals surface area contributed by atoms with Crippen LogP contribution in [0.5, 0.6) is 0 Å². The largest absolute Gasteiger partial charge is 0.431 e. The Labute approximate surface area is 168 Å². The van der Waals surface area contributed by atoms with E-state index >= 15 is 0 Å². The number of rotatable bonds is 3. The van der Waals surface area contributed by atoms with E-state index in [9.17, 15) is 0 Å². The zero-order valence-electron chi connectivity index (χ0n) is 15.1. The normalized spacial score (nSPS) is 15.0. The lowest BCUT2D eigenvalue weighted by atomic mass is 10.1. The molecule has 0 unspecified atom stereocenters. The Morgan fingerprint density at radius 1 is 1.25 bits per heavy atom. The Hall–Kier alpha value is -2.49. The molecule has 140 valence electrons. The van der Waals surface area contributed by atoms with Crippen molar-refractivity contribution in [3.8, 4) is 0 Å². The molecule has 5 aromatic rings. The molecule has 0 N–H and O–H groups in total. The van der Waals surface area contributed by atoms with Gasteiger partial charge in [-0.15, -0.1) is 16.4 Å². The second-order valence-electron chi connectivity index (χ2n) is 6.95. The molecule has 4 aromatic heterocycles. The van der Waals surface area contributed by atoms with Gasteiger partial charge in [-0.25, -0.2) is 19.5 Å². The van der Waals surface area contributed by atoms with Crippen LogP contribution in [0, 0.1) is 0 Å². The van der Waals surface area contributed by atoms with Gasteiger partial charge in [-0.3, -0.25) is 0 Å². The summed E-state index contributed by atoms with van der Waals surface area (Å²) in [4.78, 5) is 18.8. The van der Waals surface area contributed by atoms with E-state index in [1.807, 2.05) is 24.3 Å². The molecule has 1 aliphatic heterocycles. The Bertz CT molecular complexity index is 1300. The van der Waals surface area contributed by atoms with Gasteiger partial charge in [-0.1, -0.05) is 23.9 Å². The number of hydrogen-bond donors (Lipinski definition) is 0. The van der Waals surface area contributed by atoms with Gasteiger partial charge >= 0.3 is 0 Å². The Balaban J connectivity index is 1.35. The maximum absolute atomic E-state index is 5.78. The van der Waals surface area contributed by atoms with E-state index in [0.717, 1.165) is 46.9 Å². The summed E-state index contributed by atoms with van der Waals surface area (Å²) in [5.74, 6) is 1.36. The van der Waals surface area contributed by atoms with Crippen LogP contribution in [-0.4, -0.2) is 43.1 Å². The van der Waals surface area contributed by atoms with Crippen molar-refractivity contribution in [3.63, 3.8) is 0 Å². The number of hydrogen-bond acceptors (Lipinski definition) is 8. The second-order valence-corrected chi connectivity index (χ2v) is 8.96. The molecular weight excluding hydrogens is 392 g/mol. The molecule has 0 saturated heterocycles. The first-order valence-electron chi connectivity index (χ1n) is 9.06. The average Bonchev–Trinajstić information content (AvgIpc) is 3.38. The Morgan fingerprint density at radius 3 is 3.11 bits per heavy atom. The number of nitrogens with zero attached hydrogens (tertiary/aromatic N) is 6. The lowest BCUT2D eigenvalue weighted by Crippen LogP contribution is -2.25. The molecule has 0 bridgehead atoms. The summed E-state index contributed by atoms with van der Waals surface area (Å²) in [5, 5.41) is 6.43. The molecule has 0 amide bonds. The van der Waals surface area contributed by atoms with Gasteiger partial charge in [0.05, 0.1) is 11.1 Å². The number of aromatic nitrogens is 5. The number of thioether (sulfide) groups is 1. The number of oxazole rings is 1. The van der Waals surface area contributed by atoms with Gasteiger partial charge in [0, 0.05) is 18.0 Å². The number of para-hydroxylation sites is 2. The van der Waals surface area contributed by atoms with Crippen LogP contribution in [0.25, 0.3) is 27.0 Å². The highest BCUT2D eigenvalue weighted by atomic mass is 32.2. The maximum Gasteiger partial charge on any atom is 0.257 e. The average molecular weight is 409 g/mol. The first kappa shape index (κ1) is 16.5. The lowest BCUT2D eigenvalue weighted by Gasteiger charge is -2.21. The standard InChI is InChI=1S/C19H16N6OS2/c1-24-7-6-11-14(8-24)28-18-16(11)17-22-15(23-25(17)10-20-18)9-27-19-21-12-4-2-3-5-13(12)26-19/h2-5,10H,6-9H2,1H3. The van der Waals surface area contributed by atoms with Crippen molar-refractivity contribution in [3.05, 3.63) is 46.9 Å². The van der Waals surface area contributed by atoms with Crippen LogP contribution in [0.1, 0.15) is 16.3 Å². The van der Waals surface area contributed by atoms with Crippen molar-refractivity contribution in [2.45, 2.75) is 23.9 Å². The fourth-order valence-corrected chi connectivity index (χ4v) is 5.61. The van der Waals surface area contributed by atoms with E-state index in [2.05, 4.69) is 27.0 Å². The number of likely N-dealkylation sites (N-methyl/N-ethyl adjacent to an activating group) is 1. The molecule has 7 nitrogen and oxygen atoms in total. The van der Waals surface area contributed by atoms with E-state index in [4.69, 9.17) is 9.40 Å². The van der Waals surface area contributed by atoms with Crippen molar-refractivity contribution in [2.24, 2.45) is 0 Å². The highest BCUT2D eigenvalue weighted by molar-refractivity contribution is 7.98. The second kappa shape index (κ2) is 6.26. The van der Waals surface area contributed by atoms with E-state index in [1.54, 1.807) is 22.2 Å². The van der Waals surface area contributed by atoms with Crippen molar-refractivity contribution >= 4 is 50.1 Å². The van der Waals surface area contributed by atoms with Crippen LogP contribution in [0.2, 0.25) is 0 Å². The smallest absolute Gasteiger partial charge is 0.257 e. The third-order valence-electron chi connectivity index (χ3n) is 5.01. The highest BCUT2D eigenvalue weighted by Gasteiger charge is 2.22. The van der Waals surface area contributed by atoms with E-state index in [0.29, 0.717) is 11.0 Å². The van der Waals surface area contributed by atoms with Gasteiger partial charge in [0.2, 0.25) is 0 Å². The van der Waals surface area contributed by atoms with Gasteiger partial charge in [0.1, 0.15) is 16.7 Å². The fraction of sp³-hybridized carbons (Fsp3) is 0.263. The lowest BCUT2D eigenvalue weighted by molar-refractivity contribution is 0.318. The van der Waals surface area contributed by atoms with Crippen LogP contribution in [0.15, 0.2) is 40.2 Å². The topological polar surface area (TPSA) is 72.4 Å². The Kier molecular flexibility index (Phi) is 3.68. The third-order valence-corrected chi connectivity index (χ3v) is 6.96. The van der Waals surface area contributed by atoms with Gasteiger partial charge in [-0.2, -0.15) is 0 Å². The van der Waals surface area contributed by atoms with Crippen LogP contribution in [-0.2, 0) is 18.7 Å². The molecule has 0 atom stereocenters. The van der Waals surface area contributed by atoms with Crippen molar-refractivity contribution in [2.75, 3.05) is 13.6 Å². The summed E-state index contributed by atoms with van der Waals surface area (Å²) < 4.78 is 7.58. The number of fused-ring (bicyclic) bond motifs is 6. The fourth-order valence-electron chi connectivity index (χ4n) is 3.66. The monoisotopic (exact) mass is 408 g/mol.